The molecule has 1 rings (SSSR count). The Morgan fingerprint density at radius 2 is 0.846 bits per heavy atom. The van der Waals surface area contributed by atoms with Gasteiger partial charge >= 0.3 is 0 Å². The average Bonchev–Trinajstić information content (AvgIpc) is 2.67. The summed E-state index contributed by atoms with van der Waals surface area (Å²) in [7, 11) is 0. The highest BCUT2D eigenvalue weighted by molar-refractivity contribution is 4.73. The molecule has 0 aromatic heterocycles. The smallest absolute Gasteiger partial charge is 0.168 e. The third-order valence-corrected chi connectivity index (χ3v) is 5.84. The summed E-state index contributed by atoms with van der Waals surface area (Å²) in [5.74, 6) is -0.233. The van der Waals surface area contributed by atoms with E-state index in [4.69, 9.17) is 9.47 Å². The molecule has 0 aromatic carbocycles. The molecule has 0 amide bonds. The first kappa shape index (κ1) is 24.0. The Hall–Kier alpha value is -0.0800. The Kier molecular flexibility index (Phi) is 15.7. The molecule has 1 aliphatic heterocycles. The van der Waals surface area contributed by atoms with Crippen LogP contribution in [0.2, 0.25) is 0 Å². The molecule has 0 aromatic rings. The predicted molar refractivity (Wildman–Crippen MR) is 114 cm³/mol. The molecule has 0 spiro atoms. The minimum absolute atomic E-state index is 0.233. The third kappa shape index (κ3) is 12.3. The molecule has 0 N–H and O–H groups in total. The molecule has 0 bridgehead atoms. The largest absolute Gasteiger partial charge is 0.350 e. The van der Waals surface area contributed by atoms with Gasteiger partial charge in [0, 0.05) is 12.8 Å². The number of rotatable bonds is 18. The van der Waals surface area contributed by atoms with Gasteiger partial charge in [-0.25, -0.2) is 0 Å². The molecule has 2 nitrogen and oxygen atoms in total. The van der Waals surface area contributed by atoms with Crippen LogP contribution in [0.4, 0.5) is 0 Å². The first-order valence-electron chi connectivity index (χ1n) is 12.1. The molecule has 1 heterocycles. The van der Waals surface area contributed by atoms with Crippen molar-refractivity contribution < 1.29 is 9.47 Å². The number of hydrogen-bond donors (Lipinski definition) is 0. The van der Waals surface area contributed by atoms with Crippen LogP contribution < -0.4 is 0 Å². The monoisotopic (exact) mass is 368 g/mol. The summed E-state index contributed by atoms with van der Waals surface area (Å²) in [6, 6.07) is 0. The van der Waals surface area contributed by atoms with Crippen LogP contribution in [-0.2, 0) is 9.47 Å². The fourth-order valence-electron chi connectivity index (χ4n) is 4.09. The Labute approximate surface area is 164 Å². The van der Waals surface area contributed by atoms with E-state index in [2.05, 4.69) is 13.8 Å². The van der Waals surface area contributed by atoms with Crippen molar-refractivity contribution in [2.24, 2.45) is 0 Å². The number of hydrogen-bond acceptors (Lipinski definition) is 2. The van der Waals surface area contributed by atoms with Crippen molar-refractivity contribution in [1.82, 2.24) is 0 Å². The maximum atomic E-state index is 6.16. The van der Waals surface area contributed by atoms with Crippen LogP contribution in [0.15, 0.2) is 0 Å². The van der Waals surface area contributed by atoms with Gasteiger partial charge in [-0.3, -0.25) is 0 Å². The molecule has 0 atom stereocenters. The van der Waals surface area contributed by atoms with Gasteiger partial charge in [0.25, 0.3) is 0 Å². The van der Waals surface area contributed by atoms with Crippen molar-refractivity contribution in [2.75, 3.05) is 13.2 Å². The van der Waals surface area contributed by atoms with Crippen molar-refractivity contribution in [3.8, 4) is 0 Å². The van der Waals surface area contributed by atoms with E-state index in [9.17, 15) is 0 Å². The molecule has 2 heteroatoms. The maximum absolute atomic E-state index is 6.16. The van der Waals surface area contributed by atoms with Gasteiger partial charge in [0.2, 0.25) is 0 Å². The molecule has 0 unspecified atom stereocenters. The number of ether oxygens (including phenoxy) is 2. The van der Waals surface area contributed by atoms with Gasteiger partial charge in [-0.1, -0.05) is 104 Å². The van der Waals surface area contributed by atoms with Gasteiger partial charge in [-0.15, -0.1) is 0 Å². The minimum atomic E-state index is -0.233. The van der Waals surface area contributed by atoms with Crippen LogP contribution in [0.3, 0.4) is 0 Å². The summed E-state index contributed by atoms with van der Waals surface area (Å²) in [6.45, 7) is 6.37. The molecule has 0 aliphatic carbocycles. The summed E-state index contributed by atoms with van der Waals surface area (Å²) >= 11 is 0. The van der Waals surface area contributed by atoms with E-state index in [1.165, 1.54) is 103 Å². The lowest BCUT2D eigenvalue weighted by molar-refractivity contribution is -0.274. The highest BCUT2D eigenvalue weighted by atomic mass is 16.7. The van der Waals surface area contributed by atoms with E-state index < -0.39 is 0 Å². The van der Waals surface area contributed by atoms with Crippen LogP contribution in [0, 0.1) is 0 Å². The Morgan fingerprint density at radius 1 is 0.500 bits per heavy atom. The van der Waals surface area contributed by atoms with Crippen LogP contribution in [0.1, 0.15) is 136 Å². The standard InChI is InChI=1S/C24H48O2/c1-3-5-7-9-11-13-15-17-20-24(25-22-19-23-26-24)21-18-16-14-12-10-8-6-4-2/h3-23H2,1-2H3. The van der Waals surface area contributed by atoms with Gasteiger partial charge < -0.3 is 9.47 Å². The Morgan fingerprint density at radius 3 is 1.23 bits per heavy atom. The molecular formula is C24H48O2. The first-order chi connectivity index (χ1) is 12.8. The average molecular weight is 369 g/mol. The molecule has 1 aliphatic rings. The zero-order valence-electron chi connectivity index (χ0n) is 18.2. The van der Waals surface area contributed by atoms with E-state index in [1.807, 2.05) is 0 Å². The Bertz CT molecular complexity index is 262. The van der Waals surface area contributed by atoms with E-state index in [1.54, 1.807) is 0 Å². The van der Waals surface area contributed by atoms with Crippen molar-refractivity contribution >= 4 is 0 Å². The van der Waals surface area contributed by atoms with Gasteiger partial charge in [0.05, 0.1) is 13.2 Å². The van der Waals surface area contributed by atoms with Crippen LogP contribution in [0.5, 0.6) is 0 Å². The lowest BCUT2D eigenvalue weighted by Gasteiger charge is -2.37. The molecule has 0 saturated carbocycles. The van der Waals surface area contributed by atoms with Crippen molar-refractivity contribution in [1.29, 1.82) is 0 Å². The number of unbranched alkanes of at least 4 members (excludes halogenated alkanes) is 14. The van der Waals surface area contributed by atoms with Crippen LogP contribution in [0.25, 0.3) is 0 Å². The van der Waals surface area contributed by atoms with Gasteiger partial charge in [0.1, 0.15) is 0 Å². The minimum Gasteiger partial charge on any atom is -0.350 e. The quantitative estimate of drug-likeness (QED) is 0.227. The fourth-order valence-corrected chi connectivity index (χ4v) is 4.09. The molecular weight excluding hydrogens is 320 g/mol. The van der Waals surface area contributed by atoms with E-state index in [0.717, 1.165) is 32.5 Å². The first-order valence-corrected chi connectivity index (χ1v) is 12.1. The zero-order valence-corrected chi connectivity index (χ0v) is 18.2. The summed E-state index contributed by atoms with van der Waals surface area (Å²) in [5, 5.41) is 0. The Balaban J connectivity index is 2.09. The summed E-state index contributed by atoms with van der Waals surface area (Å²) < 4.78 is 12.3. The summed E-state index contributed by atoms with van der Waals surface area (Å²) in [4.78, 5) is 0. The highest BCUT2D eigenvalue weighted by Crippen LogP contribution is 2.31. The van der Waals surface area contributed by atoms with E-state index in [-0.39, 0.29) is 5.79 Å². The van der Waals surface area contributed by atoms with Gasteiger partial charge in [-0.05, 0) is 19.3 Å². The van der Waals surface area contributed by atoms with Gasteiger partial charge in [-0.2, -0.15) is 0 Å². The third-order valence-electron chi connectivity index (χ3n) is 5.84. The summed E-state index contributed by atoms with van der Waals surface area (Å²) in [6.07, 6.45) is 25.3. The lowest BCUT2D eigenvalue weighted by Crippen LogP contribution is -2.40. The normalized spacial score (nSPS) is 16.8. The molecule has 156 valence electrons. The predicted octanol–water partition coefficient (Wildman–Crippen LogP) is 8.18. The van der Waals surface area contributed by atoms with Crippen LogP contribution in [-0.4, -0.2) is 19.0 Å². The molecule has 1 fully saturated rings. The van der Waals surface area contributed by atoms with Crippen molar-refractivity contribution in [3.63, 3.8) is 0 Å². The van der Waals surface area contributed by atoms with Crippen LogP contribution >= 0.6 is 0 Å². The fraction of sp³-hybridized carbons (Fsp3) is 1.00. The second kappa shape index (κ2) is 17.0. The molecule has 1 saturated heterocycles. The molecule has 0 radical (unpaired) electrons. The van der Waals surface area contributed by atoms with Crippen molar-refractivity contribution in [3.05, 3.63) is 0 Å². The second-order valence-corrected chi connectivity index (χ2v) is 8.41. The molecule has 26 heavy (non-hydrogen) atoms. The maximum Gasteiger partial charge on any atom is 0.168 e. The van der Waals surface area contributed by atoms with E-state index in [0.29, 0.717) is 0 Å². The topological polar surface area (TPSA) is 18.5 Å². The van der Waals surface area contributed by atoms with Crippen molar-refractivity contribution in [2.45, 2.75) is 142 Å². The second-order valence-electron chi connectivity index (χ2n) is 8.41. The SMILES string of the molecule is CCCCCCCCCCC1(CCCCCCCCCC)OCCCO1. The van der Waals surface area contributed by atoms with Gasteiger partial charge in [0.15, 0.2) is 5.79 Å². The van der Waals surface area contributed by atoms with E-state index >= 15 is 0 Å². The summed E-state index contributed by atoms with van der Waals surface area (Å²) in [5.41, 5.74) is 0. The zero-order chi connectivity index (χ0) is 18.8. The highest BCUT2D eigenvalue weighted by Gasteiger charge is 2.33. The lowest BCUT2D eigenvalue weighted by atomic mass is 9.98.